The molecule has 7 heteroatoms. The third-order valence-corrected chi connectivity index (χ3v) is 6.62. The van der Waals surface area contributed by atoms with E-state index in [1.807, 2.05) is 42.6 Å². The van der Waals surface area contributed by atoms with E-state index >= 15 is 0 Å². The summed E-state index contributed by atoms with van der Waals surface area (Å²) in [5.41, 5.74) is 2.70. The molecular weight excluding hydrogens is 427 g/mol. The van der Waals surface area contributed by atoms with Gasteiger partial charge in [0.2, 0.25) is 0 Å². The zero-order valence-corrected chi connectivity index (χ0v) is 17.8. The second-order valence-electron chi connectivity index (χ2n) is 6.79. The number of hydrogen-bond acceptors (Lipinski definition) is 2. The Morgan fingerprint density at radius 2 is 1.59 bits per heavy atom. The molecule has 0 saturated carbocycles. The fourth-order valence-corrected chi connectivity index (χ4v) is 5.13. The molecular formula is C22H18Cl2N2O2S. The molecule has 4 nitrogen and oxygen atoms in total. The Balaban J connectivity index is 1.65. The molecule has 29 heavy (non-hydrogen) atoms. The van der Waals surface area contributed by atoms with E-state index in [9.17, 15) is 8.42 Å². The van der Waals surface area contributed by atoms with E-state index in [1.165, 1.54) is 23.8 Å². The van der Waals surface area contributed by atoms with Crippen molar-refractivity contribution in [2.24, 2.45) is 0 Å². The highest BCUT2D eigenvalue weighted by molar-refractivity contribution is 7.92. The number of sulfonamides is 1. The predicted molar refractivity (Wildman–Crippen MR) is 119 cm³/mol. The highest BCUT2D eigenvalue weighted by atomic mass is 35.5. The van der Waals surface area contributed by atoms with Crippen LogP contribution in [0.25, 0.3) is 10.9 Å². The van der Waals surface area contributed by atoms with Crippen LogP contribution >= 0.6 is 23.2 Å². The van der Waals surface area contributed by atoms with Crippen molar-refractivity contribution < 1.29 is 8.42 Å². The van der Waals surface area contributed by atoms with Crippen molar-refractivity contribution >= 4 is 49.8 Å². The van der Waals surface area contributed by atoms with Gasteiger partial charge < -0.3 is 4.57 Å². The molecule has 4 rings (SSSR count). The number of benzene rings is 3. The first kappa shape index (κ1) is 19.8. The summed E-state index contributed by atoms with van der Waals surface area (Å²) in [6.07, 6.45) is 2.01. The van der Waals surface area contributed by atoms with Crippen molar-refractivity contribution in [1.29, 1.82) is 0 Å². The molecule has 1 aromatic heterocycles. The molecule has 0 saturated heterocycles. The van der Waals surface area contributed by atoms with Gasteiger partial charge in [0.05, 0.1) is 10.9 Å². The molecule has 0 amide bonds. The van der Waals surface area contributed by atoms with Crippen molar-refractivity contribution in [3.8, 4) is 0 Å². The van der Waals surface area contributed by atoms with Crippen LogP contribution in [0.2, 0.25) is 10.0 Å². The Kier molecular flexibility index (Phi) is 5.30. The normalized spacial score (nSPS) is 12.8. The van der Waals surface area contributed by atoms with Crippen LogP contribution < -0.4 is 4.72 Å². The number of rotatable bonds is 5. The molecule has 1 atom stereocenters. The largest absolute Gasteiger partial charge is 0.340 e. The average molecular weight is 445 g/mol. The van der Waals surface area contributed by atoms with Crippen LogP contribution in [0.4, 0.5) is 5.69 Å². The lowest BCUT2D eigenvalue weighted by Crippen LogP contribution is -2.13. The molecule has 1 unspecified atom stereocenters. The smallest absolute Gasteiger partial charge is 0.261 e. The van der Waals surface area contributed by atoms with E-state index in [2.05, 4.69) is 28.3 Å². The lowest BCUT2D eigenvalue weighted by Gasteiger charge is -2.16. The number of anilines is 1. The van der Waals surface area contributed by atoms with E-state index < -0.39 is 10.0 Å². The Labute approximate surface area is 179 Å². The molecule has 148 valence electrons. The fourth-order valence-electron chi connectivity index (χ4n) is 3.36. The summed E-state index contributed by atoms with van der Waals surface area (Å²) in [5.74, 6) is 0. The third-order valence-electron chi connectivity index (χ3n) is 4.82. The molecule has 1 heterocycles. The van der Waals surface area contributed by atoms with Gasteiger partial charge >= 0.3 is 0 Å². The van der Waals surface area contributed by atoms with Crippen LogP contribution in [0.15, 0.2) is 83.9 Å². The summed E-state index contributed by atoms with van der Waals surface area (Å²) in [6, 6.07) is 22.1. The van der Waals surface area contributed by atoms with Crippen LogP contribution in [0.3, 0.4) is 0 Å². The van der Waals surface area contributed by atoms with E-state index in [-0.39, 0.29) is 21.0 Å². The molecule has 0 fully saturated rings. The van der Waals surface area contributed by atoms with Gasteiger partial charge in [-0.05, 0) is 55.0 Å². The minimum atomic E-state index is -3.81. The van der Waals surface area contributed by atoms with Gasteiger partial charge in [0.1, 0.15) is 0 Å². The van der Waals surface area contributed by atoms with Crippen LogP contribution in [-0.2, 0) is 10.0 Å². The quantitative estimate of drug-likeness (QED) is 0.389. The first-order valence-corrected chi connectivity index (χ1v) is 11.2. The highest BCUT2D eigenvalue weighted by Crippen LogP contribution is 2.29. The van der Waals surface area contributed by atoms with Crippen LogP contribution in [0, 0.1) is 0 Å². The maximum Gasteiger partial charge on any atom is 0.261 e. The monoisotopic (exact) mass is 444 g/mol. The van der Waals surface area contributed by atoms with E-state index in [1.54, 1.807) is 6.07 Å². The molecule has 0 bridgehead atoms. The zero-order chi connectivity index (χ0) is 20.6. The van der Waals surface area contributed by atoms with Gasteiger partial charge in [0.15, 0.2) is 0 Å². The standard InChI is InChI=1S/C22H18Cl2N2O2S/c1-15(16-5-3-2-4-6-16)26-10-9-17-11-20(7-8-22(17)26)25-29(27,28)21-13-18(23)12-19(24)14-21/h2-15,25H,1H3. The van der Waals surface area contributed by atoms with Gasteiger partial charge in [-0.15, -0.1) is 0 Å². The summed E-state index contributed by atoms with van der Waals surface area (Å²) >= 11 is 11.9. The minimum absolute atomic E-state index is 0.0189. The van der Waals surface area contributed by atoms with Crippen LogP contribution in [-0.4, -0.2) is 13.0 Å². The highest BCUT2D eigenvalue weighted by Gasteiger charge is 2.17. The number of nitrogens with one attached hydrogen (secondary N) is 1. The van der Waals surface area contributed by atoms with Crippen molar-refractivity contribution in [2.45, 2.75) is 17.9 Å². The first-order chi connectivity index (χ1) is 13.8. The number of halogens is 2. The van der Waals surface area contributed by atoms with E-state index in [0.717, 1.165) is 10.9 Å². The lowest BCUT2D eigenvalue weighted by molar-refractivity contribution is 0.601. The van der Waals surface area contributed by atoms with Crippen LogP contribution in [0.1, 0.15) is 18.5 Å². The van der Waals surface area contributed by atoms with Gasteiger partial charge in [-0.1, -0.05) is 53.5 Å². The van der Waals surface area contributed by atoms with Gasteiger partial charge in [0.25, 0.3) is 10.0 Å². The summed E-state index contributed by atoms with van der Waals surface area (Å²) in [4.78, 5) is 0.0189. The first-order valence-electron chi connectivity index (χ1n) is 8.98. The Bertz CT molecular complexity index is 1260. The topological polar surface area (TPSA) is 51.1 Å². The molecule has 0 aliphatic carbocycles. The number of aromatic nitrogens is 1. The van der Waals surface area contributed by atoms with Crippen LogP contribution in [0.5, 0.6) is 0 Å². The molecule has 0 aliphatic rings. The average Bonchev–Trinajstić information content (AvgIpc) is 3.10. The van der Waals surface area contributed by atoms with Gasteiger partial charge in [-0.2, -0.15) is 0 Å². The van der Waals surface area contributed by atoms with Crippen molar-refractivity contribution in [1.82, 2.24) is 4.57 Å². The van der Waals surface area contributed by atoms with Gasteiger partial charge in [0, 0.05) is 32.8 Å². The summed E-state index contributed by atoms with van der Waals surface area (Å²) in [7, 11) is -3.81. The number of nitrogens with zero attached hydrogens (tertiary/aromatic N) is 1. The van der Waals surface area contributed by atoms with E-state index in [4.69, 9.17) is 23.2 Å². The third kappa shape index (κ3) is 4.13. The maximum absolute atomic E-state index is 12.7. The van der Waals surface area contributed by atoms with Crippen molar-refractivity contribution in [3.05, 3.63) is 94.6 Å². The van der Waals surface area contributed by atoms with Crippen molar-refractivity contribution in [2.75, 3.05) is 4.72 Å². The second kappa shape index (κ2) is 7.75. The molecule has 4 aromatic rings. The molecule has 3 aromatic carbocycles. The minimum Gasteiger partial charge on any atom is -0.340 e. The number of hydrogen-bond donors (Lipinski definition) is 1. The second-order valence-corrected chi connectivity index (χ2v) is 9.35. The van der Waals surface area contributed by atoms with Gasteiger partial charge in [-0.25, -0.2) is 8.42 Å². The van der Waals surface area contributed by atoms with Crippen molar-refractivity contribution in [3.63, 3.8) is 0 Å². The predicted octanol–water partition coefficient (Wildman–Crippen LogP) is 6.36. The van der Waals surface area contributed by atoms with Gasteiger partial charge in [-0.3, -0.25) is 4.72 Å². The summed E-state index contributed by atoms with van der Waals surface area (Å²) < 4.78 is 30.2. The molecule has 0 spiro atoms. The summed E-state index contributed by atoms with van der Waals surface area (Å²) in [6.45, 7) is 2.13. The Hall–Kier alpha value is -2.47. The Morgan fingerprint density at radius 3 is 2.28 bits per heavy atom. The SMILES string of the molecule is CC(c1ccccc1)n1ccc2cc(NS(=O)(=O)c3cc(Cl)cc(Cl)c3)ccc21. The molecule has 0 radical (unpaired) electrons. The van der Waals surface area contributed by atoms with E-state index in [0.29, 0.717) is 5.69 Å². The zero-order valence-electron chi connectivity index (χ0n) is 15.5. The fraction of sp³-hybridized carbons (Fsp3) is 0.0909. The maximum atomic E-state index is 12.7. The molecule has 0 aliphatic heterocycles. The molecule has 1 N–H and O–H groups in total. The Morgan fingerprint density at radius 1 is 0.897 bits per heavy atom. The number of fused-ring (bicyclic) bond motifs is 1. The lowest BCUT2D eigenvalue weighted by atomic mass is 10.1. The summed E-state index contributed by atoms with van der Waals surface area (Å²) in [5, 5.41) is 1.47.